The molecule has 7 atom stereocenters. The van der Waals surface area contributed by atoms with E-state index in [1.165, 1.54) is 5.57 Å². The summed E-state index contributed by atoms with van der Waals surface area (Å²) in [7, 11) is 0. The van der Waals surface area contributed by atoms with Crippen molar-refractivity contribution in [2.75, 3.05) is 19.8 Å². The number of fused-ring (bicyclic) bond motifs is 2. The highest BCUT2D eigenvalue weighted by molar-refractivity contribution is 5.87. The minimum atomic E-state index is -0.991. The van der Waals surface area contributed by atoms with Crippen molar-refractivity contribution in [3.63, 3.8) is 0 Å². The first-order valence-corrected chi connectivity index (χ1v) is 18.2. The molecule has 4 aliphatic carbocycles. The second-order valence-electron chi connectivity index (χ2n) is 15.5. The number of benzene rings is 3. The molecule has 0 N–H and O–H groups in total. The van der Waals surface area contributed by atoms with E-state index >= 15 is 4.79 Å². The molecule has 6 heteroatoms. The Kier molecular flexibility index (Phi) is 8.30. The second kappa shape index (κ2) is 12.5. The van der Waals surface area contributed by atoms with Gasteiger partial charge in [-0.1, -0.05) is 112 Å². The van der Waals surface area contributed by atoms with Crippen LogP contribution in [-0.4, -0.2) is 32.1 Å². The molecule has 3 saturated carbocycles. The van der Waals surface area contributed by atoms with E-state index in [0.29, 0.717) is 43.8 Å². The molecule has 5 aliphatic rings. The number of hydrogen-bond acceptors (Lipinski definition) is 6. The maximum atomic E-state index is 16.0. The van der Waals surface area contributed by atoms with Crippen LogP contribution in [0.2, 0.25) is 0 Å². The SMILES string of the molecule is CC(C)C1=C[C@H]2C[C@]3(C4OCCO4)[C@@H]4CC[C@@H](C)[C@H]4C[C@@]2(COCc2cccc(C#N)c2)[C@]13C(=O)OC(c1ccccc1)c1ccccc1. The lowest BCUT2D eigenvalue weighted by Gasteiger charge is -2.62. The average Bonchev–Trinajstić information content (AvgIpc) is 3.89. The summed E-state index contributed by atoms with van der Waals surface area (Å²) in [6.45, 7) is 8.70. The fraction of sp³-hybridized carbons (Fsp3) is 0.488. The Hall–Kier alpha value is -3.76. The van der Waals surface area contributed by atoms with Gasteiger partial charge in [0, 0.05) is 10.8 Å². The van der Waals surface area contributed by atoms with Crippen LogP contribution in [0.15, 0.2) is 96.6 Å². The number of allylic oxidation sites excluding steroid dienone is 1. The van der Waals surface area contributed by atoms with Crippen LogP contribution in [0.5, 0.6) is 0 Å². The monoisotopic (exact) mass is 657 g/mol. The topological polar surface area (TPSA) is 77.8 Å². The summed E-state index contributed by atoms with van der Waals surface area (Å²) in [5.74, 6) is 1.32. The van der Waals surface area contributed by atoms with Gasteiger partial charge >= 0.3 is 5.97 Å². The van der Waals surface area contributed by atoms with Crippen molar-refractivity contribution in [3.8, 4) is 6.07 Å². The van der Waals surface area contributed by atoms with Crippen LogP contribution < -0.4 is 0 Å². The Bertz CT molecular complexity index is 1720. The van der Waals surface area contributed by atoms with Crippen molar-refractivity contribution >= 4 is 5.97 Å². The van der Waals surface area contributed by atoms with Gasteiger partial charge in [-0.2, -0.15) is 5.26 Å². The first kappa shape index (κ1) is 32.4. The predicted molar refractivity (Wildman–Crippen MR) is 186 cm³/mol. The largest absolute Gasteiger partial charge is 0.452 e. The lowest BCUT2D eigenvalue weighted by atomic mass is 9.42. The predicted octanol–water partition coefficient (Wildman–Crippen LogP) is 8.42. The van der Waals surface area contributed by atoms with Crippen LogP contribution in [-0.2, 0) is 30.3 Å². The fourth-order valence-corrected chi connectivity index (χ4v) is 11.4. The number of esters is 1. The van der Waals surface area contributed by atoms with Gasteiger partial charge in [-0.3, -0.25) is 4.79 Å². The Morgan fingerprint density at radius 2 is 1.63 bits per heavy atom. The third-order valence-corrected chi connectivity index (χ3v) is 13.1. The van der Waals surface area contributed by atoms with E-state index in [4.69, 9.17) is 18.9 Å². The van der Waals surface area contributed by atoms with Crippen molar-refractivity contribution in [3.05, 3.63) is 119 Å². The Balaban J connectivity index is 1.29. The molecule has 0 spiro atoms. The molecule has 3 aromatic rings. The van der Waals surface area contributed by atoms with Crippen molar-refractivity contribution in [1.82, 2.24) is 0 Å². The van der Waals surface area contributed by atoms with Crippen LogP contribution >= 0.6 is 0 Å². The van der Waals surface area contributed by atoms with Gasteiger partial charge < -0.3 is 18.9 Å². The van der Waals surface area contributed by atoms with Gasteiger partial charge in [0.05, 0.1) is 38.1 Å². The zero-order valence-electron chi connectivity index (χ0n) is 28.8. The van der Waals surface area contributed by atoms with E-state index in [1.807, 2.05) is 60.7 Å². The van der Waals surface area contributed by atoms with Crippen molar-refractivity contribution in [2.45, 2.75) is 65.5 Å². The van der Waals surface area contributed by atoms with E-state index < -0.39 is 28.6 Å². The van der Waals surface area contributed by atoms with Crippen molar-refractivity contribution in [2.24, 2.45) is 45.8 Å². The molecule has 4 bridgehead atoms. The van der Waals surface area contributed by atoms with Crippen LogP contribution in [0.4, 0.5) is 0 Å². The molecule has 1 aliphatic heterocycles. The number of rotatable bonds is 10. The van der Waals surface area contributed by atoms with Gasteiger partial charge in [0.2, 0.25) is 0 Å². The molecule has 6 nitrogen and oxygen atoms in total. The number of hydrogen-bond donors (Lipinski definition) is 0. The quantitative estimate of drug-likeness (QED) is 0.161. The summed E-state index contributed by atoms with van der Waals surface area (Å²) in [6.07, 6.45) is 5.31. The van der Waals surface area contributed by atoms with Crippen LogP contribution in [0.3, 0.4) is 0 Å². The van der Waals surface area contributed by atoms with Crippen molar-refractivity contribution < 1.29 is 23.7 Å². The molecule has 0 radical (unpaired) electrons. The Morgan fingerprint density at radius 1 is 0.939 bits per heavy atom. The van der Waals surface area contributed by atoms with E-state index in [9.17, 15) is 5.26 Å². The van der Waals surface area contributed by atoms with Gasteiger partial charge in [0.25, 0.3) is 0 Å². The van der Waals surface area contributed by atoms with Crippen molar-refractivity contribution in [1.29, 1.82) is 5.26 Å². The van der Waals surface area contributed by atoms with Crippen LogP contribution in [0.1, 0.15) is 74.8 Å². The second-order valence-corrected chi connectivity index (χ2v) is 15.5. The van der Waals surface area contributed by atoms with E-state index in [-0.39, 0.29) is 23.7 Å². The van der Waals surface area contributed by atoms with E-state index in [2.05, 4.69) is 57.2 Å². The zero-order chi connectivity index (χ0) is 33.8. The molecule has 0 aromatic heterocycles. The number of carbonyl (C=O) groups is 1. The maximum absolute atomic E-state index is 16.0. The first-order chi connectivity index (χ1) is 23.9. The number of ether oxygens (including phenoxy) is 4. The minimum Gasteiger partial charge on any atom is -0.452 e. The third kappa shape index (κ3) is 4.73. The van der Waals surface area contributed by atoms with E-state index in [0.717, 1.165) is 42.4 Å². The molecular formula is C43H47NO5. The maximum Gasteiger partial charge on any atom is 0.318 e. The lowest BCUT2D eigenvalue weighted by Crippen LogP contribution is -2.67. The third-order valence-electron chi connectivity index (χ3n) is 13.1. The molecule has 254 valence electrons. The molecule has 49 heavy (non-hydrogen) atoms. The highest BCUT2D eigenvalue weighted by Gasteiger charge is 2.86. The van der Waals surface area contributed by atoms with E-state index in [1.54, 1.807) is 0 Å². The highest BCUT2D eigenvalue weighted by atomic mass is 16.7. The minimum absolute atomic E-state index is 0.118. The summed E-state index contributed by atoms with van der Waals surface area (Å²) in [5, 5.41) is 9.54. The lowest BCUT2D eigenvalue weighted by molar-refractivity contribution is -0.249. The summed E-state index contributed by atoms with van der Waals surface area (Å²) in [4.78, 5) is 16.0. The first-order valence-electron chi connectivity index (χ1n) is 18.2. The van der Waals surface area contributed by atoms with Gasteiger partial charge in [-0.15, -0.1) is 0 Å². The highest BCUT2D eigenvalue weighted by Crippen LogP contribution is 2.84. The summed E-state index contributed by atoms with van der Waals surface area (Å²) >= 11 is 0. The Labute approximate surface area is 290 Å². The van der Waals surface area contributed by atoms with Gasteiger partial charge in [-0.05, 0) is 77.7 Å². The van der Waals surface area contributed by atoms with Gasteiger partial charge in [-0.25, -0.2) is 0 Å². The average molecular weight is 658 g/mol. The summed E-state index contributed by atoms with van der Waals surface area (Å²) < 4.78 is 27.0. The molecule has 0 amide bonds. The molecular weight excluding hydrogens is 610 g/mol. The number of nitriles is 1. The standard InChI is InChI=1S/C43H47NO5/c1-28(2)37-22-34-23-42(40-47-19-20-48-40)36-18-17-29(3)35(36)24-41(34,27-46-26-31-12-10-11-30(21-31)25-44)43(37,42)39(45)49-38(32-13-6-4-7-14-32)33-15-8-5-9-16-33/h4-16,21-22,28-29,34-36,38,40H,17-20,23-24,26-27H2,1-3H3/t29-,34+,35-,36-,41+,42-,43-/m1/s1. The van der Waals surface area contributed by atoms with Gasteiger partial charge in [0.1, 0.15) is 5.41 Å². The van der Waals surface area contributed by atoms with Gasteiger partial charge in [0.15, 0.2) is 12.4 Å². The summed E-state index contributed by atoms with van der Waals surface area (Å²) in [6, 6.07) is 30.1. The molecule has 0 unspecified atom stereocenters. The molecule has 3 aromatic carbocycles. The van der Waals surface area contributed by atoms with Crippen LogP contribution in [0.25, 0.3) is 0 Å². The smallest absolute Gasteiger partial charge is 0.318 e. The summed E-state index contributed by atoms with van der Waals surface area (Å²) in [5.41, 5.74) is 2.55. The number of carbonyl (C=O) groups excluding carboxylic acids is 1. The zero-order valence-corrected chi connectivity index (χ0v) is 28.8. The molecule has 4 fully saturated rings. The van der Waals surface area contributed by atoms with Crippen LogP contribution in [0, 0.1) is 57.2 Å². The Morgan fingerprint density at radius 3 is 2.29 bits per heavy atom. The molecule has 1 heterocycles. The number of nitrogens with zero attached hydrogens (tertiary/aromatic N) is 1. The molecule has 1 saturated heterocycles. The normalized spacial score (nSPS) is 33.1. The fourth-order valence-electron chi connectivity index (χ4n) is 11.4. The molecule has 8 rings (SSSR count).